The number of ether oxygens (including phenoxy) is 1. The first-order valence-electron chi connectivity index (χ1n) is 4.66. The highest BCUT2D eigenvalue weighted by molar-refractivity contribution is 5.77. The van der Waals surface area contributed by atoms with Gasteiger partial charge in [-0.25, -0.2) is 4.79 Å². The lowest BCUT2D eigenvalue weighted by Gasteiger charge is -2.24. The Morgan fingerprint density at radius 1 is 1.47 bits per heavy atom. The Kier molecular flexibility index (Phi) is 2.15. The fourth-order valence-electron chi connectivity index (χ4n) is 1.66. The molecule has 1 aliphatic rings. The zero-order chi connectivity index (χ0) is 11.0. The Bertz CT molecular complexity index is 417. The Morgan fingerprint density at radius 3 is 2.87 bits per heavy atom. The Morgan fingerprint density at radius 2 is 2.20 bits per heavy atom. The van der Waals surface area contributed by atoms with Crippen LogP contribution in [0.25, 0.3) is 0 Å². The van der Waals surface area contributed by atoms with Crippen molar-refractivity contribution in [2.75, 3.05) is 11.5 Å². The molecule has 5 heteroatoms. The molecule has 2 rings (SSSR count). The van der Waals surface area contributed by atoms with Crippen molar-refractivity contribution in [1.82, 2.24) is 0 Å². The van der Waals surface area contributed by atoms with Gasteiger partial charge in [0.25, 0.3) is 0 Å². The first-order valence-corrected chi connectivity index (χ1v) is 4.66. The van der Waals surface area contributed by atoms with Gasteiger partial charge in [-0.1, -0.05) is 6.07 Å². The highest BCUT2D eigenvalue weighted by atomic mass is 16.5. The van der Waals surface area contributed by atoms with E-state index in [9.17, 15) is 4.79 Å². The van der Waals surface area contributed by atoms with Gasteiger partial charge in [0.05, 0.1) is 11.4 Å². The van der Waals surface area contributed by atoms with Crippen LogP contribution in [0.5, 0.6) is 5.75 Å². The minimum atomic E-state index is -0.970. The summed E-state index contributed by atoms with van der Waals surface area (Å²) in [6.45, 7) is 0. The zero-order valence-corrected chi connectivity index (χ0v) is 8.06. The van der Waals surface area contributed by atoms with Gasteiger partial charge in [-0.05, 0) is 24.5 Å². The first-order chi connectivity index (χ1) is 7.09. The van der Waals surface area contributed by atoms with Crippen LogP contribution in [-0.4, -0.2) is 17.2 Å². The molecule has 0 radical (unpaired) electrons. The first kappa shape index (κ1) is 9.64. The summed E-state index contributed by atoms with van der Waals surface area (Å²) in [5, 5.41) is 8.83. The number of fused-ring (bicyclic) bond motifs is 1. The molecule has 1 heterocycles. The summed E-state index contributed by atoms with van der Waals surface area (Å²) >= 11 is 0. The number of hydrogen-bond acceptors (Lipinski definition) is 4. The second-order valence-electron chi connectivity index (χ2n) is 3.54. The van der Waals surface area contributed by atoms with Crippen molar-refractivity contribution < 1.29 is 14.6 Å². The van der Waals surface area contributed by atoms with E-state index in [0.29, 0.717) is 30.0 Å². The maximum Gasteiger partial charge on any atom is 0.344 e. The number of hydrogen-bond donors (Lipinski definition) is 3. The number of rotatable bonds is 1. The second kappa shape index (κ2) is 3.34. The van der Waals surface area contributed by atoms with Crippen LogP contribution in [0.3, 0.4) is 0 Å². The number of carboxylic acid groups (broad SMARTS) is 1. The van der Waals surface area contributed by atoms with E-state index < -0.39 is 12.1 Å². The quantitative estimate of drug-likeness (QED) is 0.588. The molecular weight excluding hydrogens is 196 g/mol. The summed E-state index contributed by atoms with van der Waals surface area (Å²) < 4.78 is 5.30. The molecule has 1 unspecified atom stereocenters. The molecule has 0 amide bonds. The number of benzene rings is 1. The number of aliphatic carboxylic acids is 1. The van der Waals surface area contributed by atoms with Crippen LogP contribution < -0.4 is 16.2 Å². The van der Waals surface area contributed by atoms with Crippen molar-refractivity contribution in [3.63, 3.8) is 0 Å². The highest BCUT2D eigenvalue weighted by Gasteiger charge is 2.27. The molecule has 0 aliphatic carbocycles. The maximum absolute atomic E-state index is 10.8. The van der Waals surface area contributed by atoms with Crippen LogP contribution >= 0.6 is 0 Å². The van der Waals surface area contributed by atoms with Crippen molar-refractivity contribution in [2.24, 2.45) is 0 Å². The van der Waals surface area contributed by atoms with Gasteiger partial charge < -0.3 is 21.3 Å². The van der Waals surface area contributed by atoms with E-state index in [2.05, 4.69) is 0 Å². The lowest BCUT2D eigenvalue weighted by atomic mass is 10.0. The molecular formula is C10H12N2O3. The van der Waals surface area contributed by atoms with E-state index in [1.165, 1.54) is 0 Å². The smallest absolute Gasteiger partial charge is 0.344 e. The number of nitrogen functional groups attached to an aromatic ring is 2. The molecule has 0 fully saturated rings. The maximum atomic E-state index is 10.8. The van der Waals surface area contributed by atoms with Gasteiger partial charge in [-0.3, -0.25) is 0 Å². The average Bonchev–Trinajstić information content (AvgIpc) is 2.23. The predicted octanol–water partition coefficient (Wildman–Crippen LogP) is 0.629. The fourth-order valence-corrected chi connectivity index (χ4v) is 1.66. The zero-order valence-electron chi connectivity index (χ0n) is 8.06. The van der Waals surface area contributed by atoms with Gasteiger partial charge in [0.15, 0.2) is 6.10 Å². The molecule has 15 heavy (non-hydrogen) atoms. The average molecular weight is 208 g/mol. The minimum Gasteiger partial charge on any atom is -0.479 e. The number of aryl methyl sites for hydroxylation is 1. The van der Waals surface area contributed by atoms with Crippen LogP contribution in [0, 0.1) is 0 Å². The molecule has 5 nitrogen and oxygen atoms in total. The normalized spacial score (nSPS) is 19.1. The second-order valence-corrected chi connectivity index (χ2v) is 3.54. The summed E-state index contributed by atoms with van der Waals surface area (Å²) in [6.07, 6.45) is 0.296. The van der Waals surface area contributed by atoms with E-state index in [1.54, 1.807) is 6.07 Å². The summed E-state index contributed by atoms with van der Waals surface area (Å²) in [6, 6.07) is 3.53. The Labute approximate surface area is 86.6 Å². The van der Waals surface area contributed by atoms with Gasteiger partial charge >= 0.3 is 5.97 Å². The van der Waals surface area contributed by atoms with Gasteiger partial charge in [0, 0.05) is 0 Å². The van der Waals surface area contributed by atoms with Crippen LogP contribution in [0.1, 0.15) is 12.0 Å². The molecule has 1 aromatic carbocycles. The summed E-state index contributed by atoms with van der Waals surface area (Å²) in [5.74, 6) is -0.545. The molecule has 0 spiro atoms. The number of carbonyl (C=O) groups is 1. The van der Waals surface area contributed by atoms with E-state index in [1.807, 2.05) is 6.07 Å². The van der Waals surface area contributed by atoms with Gasteiger partial charge in [-0.15, -0.1) is 0 Å². The summed E-state index contributed by atoms with van der Waals surface area (Å²) in [7, 11) is 0. The Balaban J connectivity index is 2.39. The third-order valence-corrected chi connectivity index (χ3v) is 2.52. The van der Waals surface area contributed by atoms with Crippen molar-refractivity contribution in [1.29, 1.82) is 0 Å². The molecule has 1 aliphatic heterocycles. The molecule has 0 bridgehead atoms. The van der Waals surface area contributed by atoms with Gasteiger partial charge in [0.1, 0.15) is 5.75 Å². The van der Waals surface area contributed by atoms with Crippen LogP contribution in [0.4, 0.5) is 11.4 Å². The van der Waals surface area contributed by atoms with Crippen LogP contribution in [0.15, 0.2) is 12.1 Å². The monoisotopic (exact) mass is 208 g/mol. The molecule has 80 valence electrons. The topological polar surface area (TPSA) is 98.6 Å². The van der Waals surface area contributed by atoms with E-state index in [0.717, 1.165) is 5.56 Å². The molecule has 0 aromatic heterocycles. The van der Waals surface area contributed by atoms with E-state index in [-0.39, 0.29) is 0 Å². The van der Waals surface area contributed by atoms with Crippen molar-refractivity contribution in [2.45, 2.75) is 18.9 Å². The van der Waals surface area contributed by atoms with E-state index in [4.69, 9.17) is 21.3 Å². The van der Waals surface area contributed by atoms with Crippen molar-refractivity contribution in [3.8, 4) is 5.75 Å². The standard InChI is InChI=1S/C10H12N2O3/c11-6-3-1-5-2-4-7(10(13)14)15-9(5)8(6)12/h1,3,7H,2,4,11-12H2,(H,13,14). The molecule has 1 aromatic rings. The molecule has 5 N–H and O–H groups in total. The SMILES string of the molecule is Nc1ccc2c(c1N)OC(C(=O)O)CC2. The van der Waals surface area contributed by atoms with Crippen molar-refractivity contribution >= 4 is 17.3 Å². The largest absolute Gasteiger partial charge is 0.479 e. The van der Waals surface area contributed by atoms with Gasteiger partial charge in [0.2, 0.25) is 0 Å². The van der Waals surface area contributed by atoms with Gasteiger partial charge in [-0.2, -0.15) is 0 Å². The third kappa shape index (κ3) is 1.56. The number of nitrogens with two attached hydrogens (primary N) is 2. The highest BCUT2D eigenvalue weighted by Crippen LogP contribution is 2.36. The van der Waals surface area contributed by atoms with Crippen LogP contribution in [0.2, 0.25) is 0 Å². The fraction of sp³-hybridized carbons (Fsp3) is 0.300. The molecule has 0 saturated carbocycles. The van der Waals surface area contributed by atoms with E-state index >= 15 is 0 Å². The molecule has 0 saturated heterocycles. The minimum absolute atomic E-state index is 0.332. The number of carboxylic acids is 1. The molecule has 1 atom stereocenters. The lowest BCUT2D eigenvalue weighted by Crippen LogP contribution is -2.31. The predicted molar refractivity (Wildman–Crippen MR) is 55.6 cm³/mol. The van der Waals surface area contributed by atoms with Crippen LogP contribution in [-0.2, 0) is 11.2 Å². The number of anilines is 2. The van der Waals surface area contributed by atoms with Crippen molar-refractivity contribution in [3.05, 3.63) is 17.7 Å². The summed E-state index contributed by atoms with van der Waals surface area (Å²) in [4.78, 5) is 10.8. The lowest BCUT2D eigenvalue weighted by molar-refractivity contribution is -0.145. The third-order valence-electron chi connectivity index (χ3n) is 2.52. The summed E-state index contributed by atoms with van der Waals surface area (Å²) in [5.41, 5.74) is 13.0. The Hall–Kier alpha value is -1.91.